The number of aliphatic hydroxyl groups is 1. The fourth-order valence-electron chi connectivity index (χ4n) is 4.21. The van der Waals surface area contributed by atoms with E-state index < -0.39 is 6.10 Å². The number of benzene rings is 1. The van der Waals surface area contributed by atoms with E-state index in [0.717, 1.165) is 69.3 Å². The van der Waals surface area contributed by atoms with Crippen LogP contribution in [0.2, 0.25) is 0 Å². The van der Waals surface area contributed by atoms with E-state index in [2.05, 4.69) is 20.1 Å². The Labute approximate surface area is 183 Å². The fourth-order valence-corrected chi connectivity index (χ4v) is 4.21. The van der Waals surface area contributed by atoms with E-state index in [1.807, 2.05) is 30.2 Å². The van der Waals surface area contributed by atoms with Gasteiger partial charge in [-0.3, -0.25) is 9.94 Å². The summed E-state index contributed by atoms with van der Waals surface area (Å²) in [4.78, 5) is 12.3. The number of hydrogen-bond donors (Lipinski definition) is 2. The summed E-state index contributed by atoms with van der Waals surface area (Å²) in [5.41, 5.74) is 1.11. The third-order valence-corrected chi connectivity index (χ3v) is 5.88. The highest BCUT2D eigenvalue weighted by Crippen LogP contribution is 2.29. The monoisotopic (exact) mass is 431 g/mol. The second-order valence-corrected chi connectivity index (χ2v) is 8.35. The van der Waals surface area contributed by atoms with Gasteiger partial charge in [-0.1, -0.05) is 6.07 Å². The molecule has 0 amide bonds. The number of aromatic nitrogens is 3. The summed E-state index contributed by atoms with van der Waals surface area (Å²) in [6, 6.07) is 5.89. The number of rotatable bonds is 9. The number of aromatic amines is 1. The molecule has 0 spiro atoms. The maximum Gasteiger partial charge on any atom is 0.161 e. The van der Waals surface area contributed by atoms with Gasteiger partial charge in [0.1, 0.15) is 18.5 Å². The number of likely N-dealkylation sites (tertiary alicyclic amines) is 1. The molecule has 170 valence electrons. The van der Waals surface area contributed by atoms with Gasteiger partial charge in [0, 0.05) is 25.6 Å². The first-order valence-corrected chi connectivity index (χ1v) is 11.1. The number of piperidine rings is 1. The van der Waals surface area contributed by atoms with Crippen LogP contribution in [0.5, 0.6) is 11.5 Å². The number of aryl methyl sites for hydroxylation is 1. The molecular formula is C22H33N5O4. The predicted molar refractivity (Wildman–Crippen MR) is 115 cm³/mol. The molecule has 1 aromatic heterocycles. The van der Waals surface area contributed by atoms with Gasteiger partial charge in [-0.2, -0.15) is 10.2 Å². The highest BCUT2D eigenvalue weighted by molar-refractivity contribution is 5.43. The molecular weight excluding hydrogens is 398 g/mol. The lowest BCUT2D eigenvalue weighted by Gasteiger charge is -2.32. The number of hydroxylamine groups is 2. The minimum atomic E-state index is -0.565. The standard InChI is InChI=1S/C22H33N5O4/c1-16-23-22(25-24-16)18-6-9-26(10-7-18)14-19(28)15-30-20-5-4-17(12-21(20)29-2)13-27-8-3-11-31-27/h4-5,12,18-19,28H,3,6-11,13-15H2,1-2H3,(H,23,24,25). The lowest BCUT2D eigenvalue weighted by molar-refractivity contribution is -0.117. The quantitative estimate of drug-likeness (QED) is 0.621. The van der Waals surface area contributed by atoms with Crippen LogP contribution in [0, 0.1) is 6.92 Å². The molecule has 0 bridgehead atoms. The summed E-state index contributed by atoms with van der Waals surface area (Å²) in [7, 11) is 1.63. The maximum absolute atomic E-state index is 10.5. The molecule has 2 N–H and O–H groups in total. The Morgan fingerprint density at radius 3 is 2.77 bits per heavy atom. The van der Waals surface area contributed by atoms with E-state index in [9.17, 15) is 5.11 Å². The molecule has 4 rings (SSSR count). The van der Waals surface area contributed by atoms with Crippen molar-refractivity contribution >= 4 is 0 Å². The Bertz CT molecular complexity index is 831. The Morgan fingerprint density at radius 1 is 1.26 bits per heavy atom. The van der Waals surface area contributed by atoms with Gasteiger partial charge in [0.25, 0.3) is 0 Å². The topological polar surface area (TPSA) is 96.0 Å². The first-order chi connectivity index (χ1) is 15.1. The average Bonchev–Trinajstić information content (AvgIpc) is 3.45. The van der Waals surface area contributed by atoms with Crippen LogP contribution in [0.15, 0.2) is 18.2 Å². The number of methoxy groups -OCH3 is 1. The van der Waals surface area contributed by atoms with Crippen molar-refractivity contribution in [3.8, 4) is 11.5 Å². The molecule has 1 aromatic carbocycles. The van der Waals surface area contributed by atoms with Crippen LogP contribution in [0.4, 0.5) is 0 Å². The number of aliphatic hydroxyl groups excluding tert-OH is 1. The highest BCUT2D eigenvalue weighted by Gasteiger charge is 2.25. The Kier molecular flexibility index (Phi) is 7.39. The first-order valence-electron chi connectivity index (χ1n) is 11.1. The zero-order valence-electron chi connectivity index (χ0n) is 18.4. The smallest absolute Gasteiger partial charge is 0.161 e. The molecule has 1 unspecified atom stereocenters. The second kappa shape index (κ2) is 10.4. The molecule has 0 radical (unpaired) electrons. The zero-order chi connectivity index (χ0) is 21.6. The molecule has 31 heavy (non-hydrogen) atoms. The third kappa shape index (κ3) is 5.94. The number of ether oxygens (including phenoxy) is 2. The van der Waals surface area contributed by atoms with Crippen molar-refractivity contribution < 1.29 is 19.4 Å². The number of nitrogens with zero attached hydrogens (tertiary/aromatic N) is 4. The molecule has 2 aliphatic rings. The predicted octanol–water partition coefficient (Wildman–Crippen LogP) is 1.88. The fraction of sp³-hybridized carbons (Fsp3) is 0.636. The van der Waals surface area contributed by atoms with Gasteiger partial charge in [0.05, 0.1) is 13.7 Å². The summed E-state index contributed by atoms with van der Waals surface area (Å²) in [5.74, 6) is 3.48. The van der Waals surface area contributed by atoms with Crippen molar-refractivity contribution in [2.45, 2.75) is 44.8 Å². The molecule has 2 aliphatic heterocycles. The van der Waals surface area contributed by atoms with Gasteiger partial charge >= 0.3 is 0 Å². The van der Waals surface area contributed by atoms with Gasteiger partial charge in [-0.15, -0.1) is 0 Å². The van der Waals surface area contributed by atoms with Crippen molar-refractivity contribution in [2.24, 2.45) is 0 Å². The van der Waals surface area contributed by atoms with Crippen LogP contribution in [0.1, 0.15) is 42.4 Å². The van der Waals surface area contributed by atoms with Crippen LogP contribution in [0.3, 0.4) is 0 Å². The zero-order valence-corrected chi connectivity index (χ0v) is 18.4. The van der Waals surface area contributed by atoms with Crippen LogP contribution in [-0.4, -0.2) is 82.9 Å². The van der Waals surface area contributed by atoms with E-state index in [1.54, 1.807) is 7.11 Å². The van der Waals surface area contributed by atoms with Gasteiger partial charge in [-0.05, 0) is 57.0 Å². The third-order valence-electron chi connectivity index (χ3n) is 5.88. The van der Waals surface area contributed by atoms with Gasteiger partial charge in [0.15, 0.2) is 17.3 Å². The molecule has 2 fully saturated rings. The normalized spacial score (nSPS) is 19.6. The van der Waals surface area contributed by atoms with E-state index in [-0.39, 0.29) is 6.61 Å². The first kappa shape index (κ1) is 22.0. The summed E-state index contributed by atoms with van der Waals surface area (Å²) < 4.78 is 11.4. The molecule has 2 aromatic rings. The van der Waals surface area contributed by atoms with Gasteiger partial charge in [0.2, 0.25) is 0 Å². The van der Waals surface area contributed by atoms with Crippen molar-refractivity contribution in [3.05, 3.63) is 35.4 Å². The van der Waals surface area contributed by atoms with Gasteiger partial charge in [-0.25, -0.2) is 4.98 Å². The Balaban J connectivity index is 1.22. The van der Waals surface area contributed by atoms with Crippen LogP contribution < -0.4 is 9.47 Å². The largest absolute Gasteiger partial charge is 0.493 e. The molecule has 9 nitrogen and oxygen atoms in total. The minimum Gasteiger partial charge on any atom is -0.493 e. The number of nitrogens with one attached hydrogen (secondary N) is 1. The van der Waals surface area contributed by atoms with E-state index in [1.165, 1.54) is 0 Å². The van der Waals surface area contributed by atoms with E-state index in [0.29, 0.717) is 24.0 Å². The van der Waals surface area contributed by atoms with Crippen LogP contribution in [0.25, 0.3) is 0 Å². The number of H-pyrrole nitrogens is 1. The number of hydrogen-bond acceptors (Lipinski definition) is 8. The number of β-amino-alcohol motifs (C(OH)–C–C–N with tert-alkyl or cyclic N) is 1. The molecule has 0 aliphatic carbocycles. The van der Waals surface area contributed by atoms with Crippen molar-refractivity contribution in [3.63, 3.8) is 0 Å². The molecule has 9 heteroatoms. The van der Waals surface area contributed by atoms with Crippen LogP contribution >= 0.6 is 0 Å². The Morgan fingerprint density at radius 2 is 2.10 bits per heavy atom. The summed E-state index contributed by atoms with van der Waals surface area (Å²) in [5, 5.41) is 19.7. The maximum atomic E-state index is 10.5. The molecule has 3 heterocycles. The SMILES string of the molecule is COc1cc(CN2CCCO2)ccc1OCC(O)CN1CCC(c2n[nH]c(C)n2)CC1. The summed E-state index contributed by atoms with van der Waals surface area (Å²) >= 11 is 0. The Hall–Kier alpha value is -2.20. The lowest BCUT2D eigenvalue weighted by Crippen LogP contribution is -2.40. The molecule has 0 saturated carbocycles. The molecule has 2 saturated heterocycles. The molecule has 1 atom stereocenters. The van der Waals surface area contributed by atoms with Gasteiger partial charge < -0.3 is 19.5 Å². The summed E-state index contributed by atoms with van der Waals surface area (Å²) in [6.07, 6.45) is 2.50. The van der Waals surface area contributed by atoms with E-state index >= 15 is 0 Å². The van der Waals surface area contributed by atoms with E-state index in [4.69, 9.17) is 14.3 Å². The highest BCUT2D eigenvalue weighted by atomic mass is 16.7. The summed E-state index contributed by atoms with van der Waals surface area (Å²) in [6.45, 7) is 7.04. The van der Waals surface area contributed by atoms with Crippen molar-refractivity contribution in [2.75, 3.05) is 46.5 Å². The second-order valence-electron chi connectivity index (χ2n) is 8.35. The van der Waals surface area contributed by atoms with Crippen molar-refractivity contribution in [1.82, 2.24) is 25.1 Å². The van der Waals surface area contributed by atoms with Crippen LogP contribution in [-0.2, 0) is 11.4 Å². The van der Waals surface area contributed by atoms with Crippen molar-refractivity contribution in [1.29, 1.82) is 0 Å². The average molecular weight is 432 g/mol. The minimum absolute atomic E-state index is 0.227. The lowest BCUT2D eigenvalue weighted by atomic mass is 9.96.